The lowest BCUT2D eigenvalue weighted by molar-refractivity contribution is 0.0372. The van der Waals surface area contributed by atoms with Gasteiger partial charge in [-0.15, -0.1) is 11.3 Å². The summed E-state index contributed by atoms with van der Waals surface area (Å²) in [7, 11) is 0. The molecule has 2 aromatic rings. The SMILES string of the molecule is c1ccc2c(NCC3CNCCO3)csc2c1. The number of anilines is 1. The molecule has 1 atom stereocenters. The summed E-state index contributed by atoms with van der Waals surface area (Å²) < 4.78 is 7.00. The Balaban J connectivity index is 1.68. The van der Waals surface area contributed by atoms with Crippen LogP contribution >= 0.6 is 11.3 Å². The molecule has 1 saturated heterocycles. The molecular formula is C13H16N2OS. The van der Waals surface area contributed by atoms with Crippen molar-refractivity contribution < 1.29 is 4.74 Å². The third-order valence-electron chi connectivity index (χ3n) is 3.01. The molecule has 17 heavy (non-hydrogen) atoms. The summed E-state index contributed by atoms with van der Waals surface area (Å²) in [4.78, 5) is 0. The van der Waals surface area contributed by atoms with E-state index in [1.54, 1.807) is 11.3 Å². The molecule has 0 bridgehead atoms. The van der Waals surface area contributed by atoms with E-state index in [-0.39, 0.29) is 6.10 Å². The van der Waals surface area contributed by atoms with E-state index in [1.165, 1.54) is 15.8 Å². The van der Waals surface area contributed by atoms with Crippen molar-refractivity contribution in [3.05, 3.63) is 29.6 Å². The van der Waals surface area contributed by atoms with Gasteiger partial charge in [0.2, 0.25) is 0 Å². The van der Waals surface area contributed by atoms with Crippen LogP contribution in [0.2, 0.25) is 0 Å². The van der Waals surface area contributed by atoms with Gasteiger partial charge in [0.1, 0.15) is 0 Å². The molecule has 2 N–H and O–H groups in total. The molecular weight excluding hydrogens is 232 g/mol. The Hall–Kier alpha value is -1.10. The summed E-state index contributed by atoms with van der Waals surface area (Å²) in [6.45, 7) is 3.59. The van der Waals surface area contributed by atoms with Crippen molar-refractivity contribution in [2.24, 2.45) is 0 Å². The van der Waals surface area contributed by atoms with Crippen LogP contribution in [0, 0.1) is 0 Å². The van der Waals surface area contributed by atoms with Gasteiger partial charge in [-0.25, -0.2) is 0 Å². The third kappa shape index (κ3) is 2.44. The lowest BCUT2D eigenvalue weighted by atomic mass is 10.2. The Morgan fingerprint density at radius 3 is 3.24 bits per heavy atom. The maximum atomic E-state index is 5.67. The number of morpholine rings is 1. The number of rotatable bonds is 3. The summed E-state index contributed by atoms with van der Waals surface area (Å²) in [5, 5.41) is 10.3. The monoisotopic (exact) mass is 248 g/mol. The van der Waals surface area contributed by atoms with E-state index in [1.807, 2.05) is 0 Å². The zero-order valence-electron chi connectivity index (χ0n) is 9.61. The fourth-order valence-corrected chi connectivity index (χ4v) is 3.01. The molecule has 1 aliphatic rings. The van der Waals surface area contributed by atoms with Crippen LogP contribution in [-0.4, -0.2) is 32.3 Å². The molecule has 1 aromatic carbocycles. The summed E-state index contributed by atoms with van der Waals surface area (Å²) in [6.07, 6.45) is 0.280. The highest BCUT2D eigenvalue weighted by atomic mass is 32.1. The molecule has 2 heterocycles. The van der Waals surface area contributed by atoms with Crippen molar-refractivity contribution in [1.29, 1.82) is 0 Å². The summed E-state index contributed by atoms with van der Waals surface area (Å²) in [5.41, 5.74) is 1.22. The highest BCUT2D eigenvalue weighted by Gasteiger charge is 2.13. The molecule has 1 aliphatic heterocycles. The van der Waals surface area contributed by atoms with Crippen LogP contribution in [0.4, 0.5) is 5.69 Å². The molecule has 0 saturated carbocycles. The highest BCUT2D eigenvalue weighted by Crippen LogP contribution is 2.29. The second-order valence-corrected chi connectivity index (χ2v) is 5.13. The average Bonchev–Trinajstić information content (AvgIpc) is 2.81. The van der Waals surface area contributed by atoms with E-state index < -0.39 is 0 Å². The van der Waals surface area contributed by atoms with Crippen LogP contribution in [0.15, 0.2) is 29.6 Å². The topological polar surface area (TPSA) is 33.3 Å². The largest absolute Gasteiger partial charge is 0.381 e. The molecule has 0 spiro atoms. The molecule has 0 aliphatic carbocycles. The molecule has 0 radical (unpaired) electrons. The fourth-order valence-electron chi connectivity index (χ4n) is 2.09. The standard InChI is InChI=1S/C13H16N2OS/c1-2-4-13-11(3-1)12(9-17-13)15-8-10-7-14-5-6-16-10/h1-4,9-10,14-15H,5-8H2. The molecule has 1 unspecified atom stereocenters. The molecule has 3 nitrogen and oxygen atoms in total. The first kappa shape index (κ1) is 11.0. The second kappa shape index (κ2) is 5.04. The van der Waals surface area contributed by atoms with Crippen LogP contribution in [-0.2, 0) is 4.74 Å². The van der Waals surface area contributed by atoms with Crippen molar-refractivity contribution >= 4 is 27.1 Å². The summed E-state index contributed by atoms with van der Waals surface area (Å²) in [6, 6.07) is 8.48. The van der Waals surface area contributed by atoms with Crippen molar-refractivity contribution in [2.75, 3.05) is 31.6 Å². The Morgan fingerprint density at radius 2 is 2.35 bits per heavy atom. The van der Waals surface area contributed by atoms with Gasteiger partial charge in [0, 0.05) is 35.1 Å². The second-order valence-electron chi connectivity index (χ2n) is 4.22. The van der Waals surface area contributed by atoms with Gasteiger partial charge < -0.3 is 15.4 Å². The van der Waals surface area contributed by atoms with Crippen LogP contribution in [0.25, 0.3) is 10.1 Å². The predicted molar refractivity (Wildman–Crippen MR) is 72.9 cm³/mol. The van der Waals surface area contributed by atoms with Gasteiger partial charge in [0.25, 0.3) is 0 Å². The summed E-state index contributed by atoms with van der Waals surface area (Å²) >= 11 is 1.78. The molecule has 4 heteroatoms. The van der Waals surface area contributed by atoms with Gasteiger partial charge in [-0.05, 0) is 6.07 Å². The average molecular weight is 248 g/mol. The first-order valence-corrected chi connectivity index (χ1v) is 6.84. The van der Waals surface area contributed by atoms with Gasteiger partial charge in [0.05, 0.1) is 18.4 Å². The van der Waals surface area contributed by atoms with Crippen molar-refractivity contribution in [2.45, 2.75) is 6.10 Å². The third-order valence-corrected chi connectivity index (χ3v) is 3.97. The van der Waals surface area contributed by atoms with Crippen molar-refractivity contribution in [3.63, 3.8) is 0 Å². The zero-order valence-corrected chi connectivity index (χ0v) is 10.4. The minimum atomic E-state index is 0.280. The number of hydrogen-bond donors (Lipinski definition) is 2. The number of thiophene rings is 1. The normalized spacial score (nSPS) is 20.6. The van der Waals surface area contributed by atoms with Gasteiger partial charge in [-0.1, -0.05) is 18.2 Å². The van der Waals surface area contributed by atoms with E-state index >= 15 is 0 Å². The molecule has 0 amide bonds. The first-order valence-electron chi connectivity index (χ1n) is 5.96. The van der Waals surface area contributed by atoms with Gasteiger partial charge in [-0.2, -0.15) is 0 Å². The minimum absolute atomic E-state index is 0.280. The van der Waals surface area contributed by atoms with Gasteiger partial charge in [-0.3, -0.25) is 0 Å². The Morgan fingerprint density at radius 1 is 1.41 bits per heavy atom. The predicted octanol–water partition coefficient (Wildman–Crippen LogP) is 2.30. The van der Waals surface area contributed by atoms with Crippen LogP contribution < -0.4 is 10.6 Å². The van der Waals surface area contributed by atoms with Crippen LogP contribution in [0.3, 0.4) is 0 Å². The number of fused-ring (bicyclic) bond motifs is 1. The fraction of sp³-hybridized carbons (Fsp3) is 0.385. The molecule has 90 valence electrons. The molecule has 1 aromatic heterocycles. The molecule has 3 rings (SSSR count). The van der Waals surface area contributed by atoms with Gasteiger partial charge >= 0.3 is 0 Å². The van der Waals surface area contributed by atoms with E-state index in [2.05, 4.69) is 40.3 Å². The summed E-state index contributed by atoms with van der Waals surface area (Å²) in [5.74, 6) is 0. The quantitative estimate of drug-likeness (QED) is 0.874. The maximum Gasteiger partial charge on any atom is 0.0872 e. The smallest absolute Gasteiger partial charge is 0.0872 e. The number of hydrogen-bond acceptors (Lipinski definition) is 4. The van der Waals surface area contributed by atoms with Crippen molar-refractivity contribution in [3.8, 4) is 0 Å². The number of nitrogens with one attached hydrogen (secondary N) is 2. The van der Waals surface area contributed by atoms with E-state index in [9.17, 15) is 0 Å². The minimum Gasteiger partial charge on any atom is -0.381 e. The number of ether oxygens (including phenoxy) is 1. The lowest BCUT2D eigenvalue weighted by Crippen LogP contribution is -2.42. The van der Waals surface area contributed by atoms with Crippen LogP contribution in [0.1, 0.15) is 0 Å². The van der Waals surface area contributed by atoms with E-state index in [4.69, 9.17) is 4.74 Å². The van der Waals surface area contributed by atoms with Gasteiger partial charge in [0.15, 0.2) is 0 Å². The van der Waals surface area contributed by atoms with E-state index in [0.717, 1.165) is 26.2 Å². The highest BCUT2D eigenvalue weighted by molar-refractivity contribution is 7.17. The molecule has 1 fully saturated rings. The Kier molecular flexibility index (Phi) is 3.27. The first-order chi connectivity index (χ1) is 8.43. The number of benzene rings is 1. The Labute approximate surface area is 105 Å². The van der Waals surface area contributed by atoms with E-state index in [0.29, 0.717) is 0 Å². The zero-order chi connectivity index (χ0) is 11.5. The Bertz CT molecular complexity index is 491. The lowest BCUT2D eigenvalue weighted by Gasteiger charge is -2.24. The van der Waals surface area contributed by atoms with Crippen molar-refractivity contribution in [1.82, 2.24) is 5.32 Å². The van der Waals surface area contributed by atoms with Crippen LogP contribution in [0.5, 0.6) is 0 Å². The maximum absolute atomic E-state index is 5.67.